The van der Waals surface area contributed by atoms with Crippen LogP contribution in [0, 0.1) is 5.92 Å². The Labute approximate surface area is 205 Å². The van der Waals surface area contributed by atoms with Crippen molar-refractivity contribution in [3.63, 3.8) is 0 Å². The van der Waals surface area contributed by atoms with Crippen molar-refractivity contribution in [1.29, 1.82) is 0 Å². The number of hydrogen-bond acceptors (Lipinski definition) is 6. The Bertz CT molecular complexity index is 1100. The fourth-order valence-electron chi connectivity index (χ4n) is 4.15. The monoisotopic (exact) mass is 473 g/mol. The number of anilines is 2. The summed E-state index contributed by atoms with van der Waals surface area (Å²) in [6.07, 6.45) is 3.35. The van der Waals surface area contributed by atoms with Crippen LogP contribution in [0.15, 0.2) is 66.7 Å². The first-order valence-electron chi connectivity index (χ1n) is 12.0. The Balaban J connectivity index is 1.23. The number of amides is 2. The molecule has 8 heteroatoms. The average Bonchev–Trinajstić information content (AvgIpc) is 2.89. The number of piperidine rings is 1. The zero-order valence-electron chi connectivity index (χ0n) is 19.9. The smallest absolute Gasteiger partial charge is 0.276 e. The first-order valence-corrected chi connectivity index (χ1v) is 12.0. The van der Waals surface area contributed by atoms with Crippen LogP contribution in [-0.2, 0) is 11.2 Å². The molecule has 0 bridgehead atoms. The van der Waals surface area contributed by atoms with Crippen molar-refractivity contribution < 1.29 is 14.3 Å². The van der Waals surface area contributed by atoms with Crippen LogP contribution in [0.25, 0.3) is 0 Å². The number of ether oxygens (including phenoxy) is 1. The maximum absolute atomic E-state index is 12.6. The minimum atomic E-state index is -0.315. The van der Waals surface area contributed by atoms with E-state index in [9.17, 15) is 9.59 Å². The van der Waals surface area contributed by atoms with Gasteiger partial charge in [0.05, 0.1) is 6.54 Å². The zero-order valence-corrected chi connectivity index (χ0v) is 19.9. The normalized spacial score (nSPS) is 13.8. The van der Waals surface area contributed by atoms with E-state index in [-0.39, 0.29) is 17.5 Å². The highest BCUT2D eigenvalue weighted by Gasteiger charge is 2.21. The zero-order chi connectivity index (χ0) is 24.5. The van der Waals surface area contributed by atoms with Crippen LogP contribution in [0.4, 0.5) is 11.5 Å². The lowest BCUT2D eigenvalue weighted by Crippen LogP contribution is -2.35. The van der Waals surface area contributed by atoms with Crippen molar-refractivity contribution in [2.75, 3.05) is 36.5 Å². The molecule has 2 aromatic carbocycles. The molecule has 3 aromatic rings. The van der Waals surface area contributed by atoms with Gasteiger partial charge < -0.3 is 20.3 Å². The van der Waals surface area contributed by atoms with Crippen LogP contribution in [0.5, 0.6) is 5.75 Å². The van der Waals surface area contributed by atoms with Gasteiger partial charge in [0, 0.05) is 25.7 Å². The van der Waals surface area contributed by atoms with Crippen molar-refractivity contribution >= 4 is 23.3 Å². The molecule has 0 radical (unpaired) electrons. The molecule has 0 atom stereocenters. The van der Waals surface area contributed by atoms with Crippen molar-refractivity contribution in [3.05, 3.63) is 78.0 Å². The van der Waals surface area contributed by atoms with Gasteiger partial charge in [-0.05, 0) is 67.1 Å². The molecule has 1 fully saturated rings. The fourth-order valence-corrected chi connectivity index (χ4v) is 4.15. The van der Waals surface area contributed by atoms with E-state index in [1.165, 1.54) is 12.5 Å². The van der Waals surface area contributed by atoms with Crippen LogP contribution in [-0.4, -0.2) is 48.3 Å². The van der Waals surface area contributed by atoms with Gasteiger partial charge in [0.1, 0.15) is 12.4 Å². The maximum atomic E-state index is 12.6. The molecule has 1 saturated heterocycles. The van der Waals surface area contributed by atoms with Gasteiger partial charge in [0.25, 0.3) is 5.91 Å². The molecule has 2 heterocycles. The van der Waals surface area contributed by atoms with Gasteiger partial charge >= 0.3 is 0 Å². The molecule has 1 aliphatic rings. The summed E-state index contributed by atoms with van der Waals surface area (Å²) in [7, 11) is 0. The summed E-state index contributed by atoms with van der Waals surface area (Å²) in [4.78, 5) is 25.7. The lowest BCUT2D eigenvalue weighted by atomic mass is 9.90. The van der Waals surface area contributed by atoms with Crippen molar-refractivity contribution in [2.24, 2.45) is 5.92 Å². The fraction of sp³-hybridized carbons (Fsp3) is 0.333. The molecular formula is C27H31N5O3. The van der Waals surface area contributed by atoms with Gasteiger partial charge in [-0.3, -0.25) is 9.59 Å². The number of aromatic nitrogens is 2. The molecule has 8 nitrogen and oxygen atoms in total. The molecule has 2 N–H and O–H groups in total. The number of hydrogen-bond donors (Lipinski definition) is 2. The first kappa shape index (κ1) is 24.2. The van der Waals surface area contributed by atoms with E-state index in [0.717, 1.165) is 38.2 Å². The van der Waals surface area contributed by atoms with Crippen LogP contribution < -0.4 is 20.3 Å². The highest BCUT2D eigenvalue weighted by molar-refractivity contribution is 6.02. The van der Waals surface area contributed by atoms with E-state index in [0.29, 0.717) is 30.5 Å². The second kappa shape index (κ2) is 12.0. The predicted octanol–water partition coefficient (Wildman–Crippen LogP) is 3.70. The summed E-state index contributed by atoms with van der Waals surface area (Å²) in [5.41, 5.74) is 2.30. The largest absolute Gasteiger partial charge is 0.492 e. The third-order valence-electron chi connectivity index (χ3n) is 6.05. The Morgan fingerprint density at radius 2 is 1.71 bits per heavy atom. The van der Waals surface area contributed by atoms with Crippen LogP contribution in [0.2, 0.25) is 0 Å². The molecule has 0 spiro atoms. The Morgan fingerprint density at radius 1 is 0.971 bits per heavy atom. The second-order valence-electron chi connectivity index (χ2n) is 8.71. The molecular weight excluding hydrogens is 442 g/mol. The minimum absolute atomic E-state index is 0.0915. The first-order chi connectivity index (χ1) is 17.1. The second-order valence-corrected chi connectivity index (χ2v) is 8.71. The summed E-state index contributed by atoms with van der Waals surface area (Å²) in [6, 6.07) is 21.3. The van der Waals surface area contributed by atoms with Gasteiger partial charge in [-0.2, -0.15) is 0 Å². The van der Waals surface area contributed by atoms with Crippen molar-refractivity contribution in [2.45, 2.75) is 26.2 Å². The summed E-state index contributed by atoms with van der Waals surface area (Å²) in [5.74, 6) is 1.74. The molecule has 0 aliphatic carbocycles. The van der Waals surface area contributed by atoms with E-state index in [4.69, 9.17) is 4.74 Å². The Morgan fingerprint density at radius 3 is 2.37 bits per heavy atom. The van der Waals surface area contributed by atoms with Crippen molar-refractivity contribution in [1.82, 2.24) is 15.5 Å². The van der Waals surface area contributed by atoms with Gasteiger partial charge in [0.2, 0.25) is 5.91 Å². The van der Waals surface area contributed by atoms with Crippen LogP contribution >= 0.6 is 0 Å². The van der Waals surface area contributed by atoms with E-state index >= 15 is 0 Å². The number of nitrogens with one attached hydrogen (secondary N) is 2. The lowest BCUT2D eigenvalue weighted by molar-refractivity contribution is -0.119. The quantitative estimate of drug-likeness (QED) is 0.460. The summed E-state index contributed by atoms with van der Waals surface area (Å²) < 4.78 is 5.55. The van der Waals surface area contributed by atoms with Crippen LogP contribution in [0.1, 0.15) is 35.8 Å². The number of benzene rings is 2. The summed E-state index contributed by atoms with van der Waals surface area (Å²) in [6.45, 7) is 4.16. The summed E-state index contributed by atoms with van der Waals surface area (Å²) in [5, 5.41) is 14.0. The predicted molar refractivity (Wildman–Crippen MR) is 136 cm³/mol. The molecule has 4 rings (SSSR count). The maximum Gasteiger partial charge on any atom is 0.276 e. The Hall–Kier alpha value is -3.94. The molecule has 0 unspecified atom stereocenters. The average molecular weight is 474 g/mol. The molecule has 35 heavy (non-hydrogen) atoms. The van der Waals surface area contributed by atoms with E-state index in [2.05, 4.69) is 56.1 Å². The highest BCUT2D eigenvalue weighted by atomic mass is 16.5. The van der Waals surface area contributed by atoms with Gasteiger partial charge in [-0.25, -0.2) is 0 Å². The number of rotatable bonds is 9. The third kappa shape index (κ3) is 7.27. The van der Waals surface area contributed by atoms with Gasteiger partial charge in [0.15, 0.2) is 11.5 Å². The third-order valence-corrected chi connectivity index (χ3v) is 6.05. The van der Waals surface area contributed by atoms with E-state index in [1.54, 1.807) is 30.3 Å². The van der Waals surface area contributed by atoms with Crippen LogP contribution in [0.3, 0.4) is 0 Å². The number of nitrogens with zero attached hydrogens (tertiary/aromatic N) is 3. The standard InChI is InChI=1S/C27H31N5O3/c1-20(33)28-15-18-35-24-9-7-23(8-10-24)29-27(34)25-11-12-26(31-30-25)32-16-13-22(14-17-32)19-21-5-3-2-4-6-21/h2-12,22H,13-19H2,1H3,(H,28,33)(H,29,34). The number of carbonyl (C=O) groups is 2. The topological polar surface area (TPSA) is 96.5 Å². The molecule has 1 aliphatic heterocycles. The lowest BCUT2D eigenvalue weighted by Gasteiger charge is -2.32. The molecule has 0 saturated carbocycles. The minimum Gasteiger partial charge on any atom is -0.492 e. The Kier molecular flexibility index (Phi) is 8.27. The van der Waals surface area contributed by atoms with Gasteiger partial charge in [-0.1, -0.05) is 30.3 Å². The SMILES string of the molecule is CC(=O)NCCOc1ccc(NC(=O)c2ccc(N3CCC(Cc4ccccc4)CC3)nn2)cc1. The molecule has 1 aromatic heterocycles. The van der Waals surface area contributed by atoms with Gasteiger partial charge in [-0.15, -0.1) is 10.2 Å². The van der Waals surface area contributed by atoms with Crippen molar-refractivity contribution in [3.8, 4) is 5.75 Å². The molecule has 182 valence electrons. The van der Waals surface area contributed by atoms with E-state index < -0.39 is 0 Å². The number of carbonyl (C=O) groups excluding carboxylic acids is 2. The molecule has 2 amide bonds. The summed E-state index contributed by atoms with van der Waals surface area (Å²) >= 11 is 0. The van der Waals surface area contributed by atoms with E-state index in [1.807, 2.05) is 6.07 Å². The highest BCUT2D eigenvalue weighted by Crippen LogP contribution is 2.24.